The van der Waals surface area contributed by atoms with Crippen LogP contribution in [0.1, 0.15) is 42.3 Å². The molecular weight excluding hydrogens is 292 g/mol. The van der Waals surface area contributed by atoms with Crippen LogP contribution in [0.15, 0.2) is 34.9 Å². The van der Waals surface area contributed by atoms with E-state index in [0.717, 1.165) is 24.8 Å². The summed E-state index contributed by atoms with van der Waals surface area (Å²) in [6, 6.07) is 9.45. The lowest BCUT2D eigenvalue weighted by Gasteiger charge is -2.36. The van der Waals surface area contributed by atoms with E-state index < -0.39 is 6.10 Å². The third-order valence-corrected chi connectivity index (χ3v) is 4.44. The van der Waals surface area contributed by atoms with E-state index in [0.29, 0.717) is 12.2 Å². The van der Waals surface area contributed by atoms with Crippen molar-refractivity contribution in [2.24, 2.45) is 0 Å². The lowest BCUT2D eigenvalue weighted by molar-refractivity contribution is 0.0252. The van der Waals surface area contributed by atoms with Crippen molar-refractivity contribution < 1.29 is 14.4 Å². The molecule has 1 aromatic carbocycles. The molecule has 3 rings (SSSR count). The van der Waals surface area contributed by atoms with E-state index in [2.05, 4.69) is 5.16 Å². The zero-order chi connectivity index (χ0) is 16.4. The number of amides is 1. The summed E-state index contributed by atoms with van der Waals surface area (Å²) >= 11 is 0. The van der Waals surface area contributed by atoms with Crippen LogP contribution in [0.25, 0.3) is 11.3 Å². The second kappa shape index (κ2) is 6.54. The maximum Gasteiger partial charge on any atom is 0.292 e. The summed E-state index contributed by atoms with van der Waals surface area (Å²) in [7, 11) is 0. The fraction of sp³-hybridized carbons (Fsp3) is 0.444. The average Bonchev–Trinajstić information content (AvgIpc) is 3.04. The molecule has 5 heteroatoms. The van der Waals surface area contributed by atoms with Crippen molar-refractivity contribution in [1.29, 1.82) is 0 Å². The highest BCUT2D eigenvalue weighted by molar-refractivity contribution is 5.92. The number of aryl methyl sites for hydroxylation is 1. The van der Waals surface area contributed by atoms with E-state index in [1.54, 1.807) is 17.9 Å². The van der Waals surface area contributed by atoms with Gasteiger partial charge in [-0.05, 0) is 33.1 Å². The summed E-state index contributed by atoms with van der Waals surface area (Å²) < 4.78 is 5.27. The predicted molar refractivity (Wildman–Crippen MR) is 87.0 cm³/mol. The largest absolute Gasteiger partial charge is 0.391 e. The van der Waals surface area contributed by atoms with Gasteiger partial charge < -0.3 is 14.5 Å². The highest BCUT2D eigenvalue weighted by Gasteiger charge is 2.32. The monoisotopic (exact) mass is 314 g/mol. The summed E-state index contributed by atoms with van der Waals surface area (Å²) in [4.78, 5) is 14.4. The second-order valence-electron chi connectivity index (χ2n) is 6.24. The molecule has 0 bridgehead atoms. The highest BCUT2D eigenvalue weighted by Crippen LogP contribution is 2.24. The number of piperidine rings is 1. The fourth-order valence-electron chi connectivity index (χ4n) is 3.09. The van der Waals surface area contributed by atoms with Crippen LogP contribution in [0.3, 0.4) is 0 Å². The Balaban J connectivity index is 1.81. The van der Waals surface area contributed by atoms with Crippen molar-refractivity contribution in [2.45, 2.75) is 45.3 Å². The number of rotatable bonds is 3. The number of benzene rings is 1. The van der Waals surface area contributed by atoms with E-state index in [9.17, 15) is 9.90 Å². The third kappa shape index (κ3) is 3.29. The highest BCUT2D eigenvalue weighted by atomic mass is 16.5. The zero-order valence-corrected chi connectivity index (χ0v) is 13.5. The van der Waals surface area contributed by atoms with Gasteiger partial charge in [-0.3, -0.25) is 4.79 Å². The summed E-state index contributed by atoms with van der Waals surface area (Å²) in [5.74, 6) is 0.0367. The molecule has 0 aliphatic carbocycles. The van der Waals surface area contributed by atoms with Gasteiger partial charge in [-0.1, -0.05) is 35.0 Å². The van der Waals surface area contributed by atoms with E-state index in [-0.39, 0.29) is 17.7 Å². The summed E-state index contributed by atoms with van der Waals surface area (Å²) in [5, 5.41) is 13.9. The molecule has 2 atom stereocenters. The first-order valence-corrected chi connectivity index (χ1v) is 8.09. The first kappa shape index (κ1) is 15.7. The Morgan fingerprint density at radius 3 is 2.78 bits per heavy atom. The average molecular weight is 314 g/mol. The van der Waals surface area contributed by atoms with Crippen molar-refractivity contribution in [3.8, 4) is 11.3 Å². The van der Waals surface area contributed by atoms with Gasteiger partial charge in [-0.2, -0.15) is 0 Å². The maximum atomic E-state index is 12.7. The molecule has 1 fully saturated rings. The molecule has 1 aliphatic rings. The fourth-order valence-corrected chi connectivity index (χ4v) is 3.09. The Labute approximate surface area is 135 Å². The Morgan fingerprint density at radius 2 is 2.09 bits per heavy atom. The number of hydrogen-bond acceptors (Lipinski definition) is 4. The van der Waals surface area contributed by atoms with Gasteiger partial charge in [0.2, 0.25) is 5.76 Å². The van der Waals surface area contributed by atoms with Crippen LogP contribution in [0.4, 0.5) is 0 Å². The molecule has 1 aliphatic heterocycles. The van der Waals surface area contributed by atoms with Gasteiger partial charge in [0, 0.05) is 18.2 Å². The van der Waals surface area contributed by atoms with Crippen LogP contribution in [0.5, 0.6) is 0 Å². The molecule has 1 N–H and O–H groups in total. The number of aliphatic hydroxyl groups excluding tert-OH is 1. The van der Waals surface area contributed by atoms with E-state index in [4.69, 9.17) is 4.52 Å². The first-order chi connectivity index (χ1) is 11.1. The lowest BCUT2D eigenvalue weighted by Crippen LogP contribution is -2.48. The van der Waals surface area contributed by atoms with Crippen molar-refractivity contribution >= 4 is 5.91 Å². The SMILES string of the molecule is Cc1ccc(-c2cc(C(=O)N3CCCCC3C(C)O)on2)cc1. The van der Waals surface area contributed by atoms with E-state index in [1.165, 1.54) is 5.56 Å². The molecule has 23 heavy (non-hydrogen) atoms. The third-order valence-electron chi connectivity index (χ3n) is 4.44. The van der Waals surface area contributed by atoms with Gasteiger partial charge in [-0.15, -0.1) is 0 Å². The number of carbonyl (C=O) groups is 1. The minimum absolute atomic E-state index is 0.149. The van der Waals surface area contributed by atoms with Gasteiger partial charge in [0.05, 0.1) is 12.1 Å². The topological polar surface area (TPSA) is 66.6 Å². The van der Waals surface area contributed by atoms with Crippen LogP contribution in [0.2, 0.25) is 0 Å². The normalized spacial score (nSPS) is 19.6. The van der Waals surface area contributed by atoms with Gasteiger partial charge in [-0.25, -0.2) is 0 Å². The number of hydrogen-bond donors (Lipinski definition) is 1. The molecule has 0 spiro atoms. The minimum atomic E-state index is -0.543. The molecule has 0 radical (unpaired) electrons. The summed E-state index contributed by atoms with van der Waals surface area (Å²) in [6.07, 6.45) is 2.26. The van der Waals surface area contributed by atoms with E-state index in [1.807, 2.05) is 31.2 Å². The smallest absolute Gasteiger partial charge is 0.292 e. The standard InChI is InChI=1S/C18H22N2O3/c1-12-6-8-14(9-7-12)15-11-17(23-19-15)18(22)20-10-4-3-5-16(20)13(2)21/h6-9,11,13,16,21H,3-5,10H2,1-2H3. The van der Waals surface area contributed by atoms with Crippen molar-refractivity contribution in [3.05, 3.63) is 41.7 Å². The predicted octanol–water partition coefficient (Wildman–Crippen LogP) is 3.03. The Morgan fingerprint density at radius 1 is 1.35 bits per heavy atom. The molecule has 5 nitrogen and oxygen atoms in total. The van der Waals surface area contributed by atoms with Crippen molar-refractivity contribution in [1.82, 2.24) is 10.1 Å². The van der Waals surface area contributed by atoms with Crippen molar-refractivity contribution in [3.63, 3.8) is 0 Å². The maximum absolute atomic E-state index is 12.7. The van der Waals surface area contributed by atoms with Crippen LogP contribution in [-0.4, -0.2) is 39.8 Å². The number of aliphatic hydroxyl groups is 1. The van der Waals surface area contributed by atoms with Gasteiger partial charge in [0.1, 0.15) is 5.69 Å². The summed E-state index contributed by atoms with van der Waals surface area (Å²) in [5.41, 5.74) is 2.74. The number of aromatic nitrogens is 1. The van der Waals surface area contributed by atoms with Crippen LogP contribution in [-0.2, 0) is 0 Å². The number of likely N-dealkylation sites (tertiary alicyclic amines) is 1. The minimum Gasteiger partial charge on any atom is -0.391 e. The zero-order valence-electron chi connectivity index (χ0n) is 13.5. The molecule has 122 valence electrons. The molecular formula is C18H22N2O3. The molecule has 2 unspecified atom stereocenters. The molecule has 1 amide bonds. The van der Waals surface area contributed by atoms with Crippen LogP contribution >= 0.6 is 0 Å². The number of nitrogens with zero attached hydrogens (tertiary/aromatic N) is 2. The molecule has 2 heterocycles. The Kier molecular flexibility index (Phi) is 4.48. The van der Waals surface area contributed by atoms with Gasteiger partial charge >= 0.3 is 0 Å². The second-order valence-corrected chi connectivity index (χ2v) is 6.24. The summed E-state index contributed by atoms with van der Waals surface area (Å²) in [6.45, 7) is 4.40. The lowest BCUT2D eigenvalue weighted by atomic mass is 9.98. The Hall–Kier alpha value is -2.14. The van der Waals surface area contributed by atoms with Crippen LogP contribution in [0, 0.1) is 6.92 Å². The van der Waals surface area contributed by atoms with Crippen molar-refractivity contribution in [2.75, 3.05) is 6.54 Å². The van der Waals surface area contributed by atoms with Gasteiger partial charge in [0.25, 0.3) is 5.91 Å². The van der Waals surface area contributed by atoms with Gasteiger partial charge in [0.15, 0.2) is 0 Å². The molecule has 2 aromatic rings. The Bertz CT molecular complexity index is 676. The van der Waals surface area contributed by atoms with Crippen LogP contribution < -0.4 is 0 Å². The number of carbonyl (C=O) groups excluding carboxylic acids is 1. The molecule has 0 saturated carbocycles. The molecule has 1 saturated heterocycles. The first-order valence-electron chi connectivity index (χ1n) is 8.09. The molecule has 1 aromatic heterocycles. The quantitative estimate of drug-likeness (QED) is 0.945. The van der Waals surface area contributed by atoms with E-state index >= 15 is 0 Å².